The van der Waals surface area contributed by atoms with Crippen LogP contribution in [0.15, 0.2) is 292 Å². The van der Waals surface area contributed by atoms with Gasteiger partial charge in [0, 0.05) is 41.9 Å². The van der Waals surface area contributed by atoms with Gasteiger partial charge in [-0.25, -0.2) is 0 Å². The SMILES string of the molecule is C.O=c1c2cc(-c3ccccc3)ccc2n(-c2ccc(-c3ccccc3)cc2)c2ccc(-c3ccccc3)cc12.O=c1c2cc(Br)ccc2n(-c2ccc(-c3ccccc3)cc2)c2ccc(Br)cc12.OB(O)c1ccccc1. The summed E-state index contributed by atoms with van der Waals surface area (Å²) in [6.45, 7) is 0. The first-order valence-electron chi connectivity index (χ1n) is 25.1. The van der Waals surface area contributed by atoms with Crippen LogP contribution in [0.2, 0.25) is 0 Å². The van der Waals surface area contributed by atoms with Crippen molar-refractivity contribution in [2.24, 2.45) is 0 Å². The van der Waals surface area contributed by atoms with Crippen molar-refractivity contribution in [2.45, 2.75) is 7.43 Å². The van der Waals surface area contributed by atoms with Crippen LogP contribution < -0.4 is 16.3 Å². The molecule has 0 spiro atoms. The molecular weight excluding hydrogens is 1090 g/mol. The minimum atomic E-state index is -1.34. The molecule has 0 aliphatic rings. The summed E-state index contributed by atoms with van der Waals surface area (Å²) in [6, 6.07) is 91.0. The van der Waals surface area contributed by atoms with Gasteiger partial charge in [0.1, 0.15) is 0 Å². The number of halogens is 2. The van der Waals surface area contributed by atoms with E-state index < -0.39 is 7.12 Å². The molecule has 11 aromatic carbocycles. The van der Waals surface area contributed by atoms with Gasteiger partial charge in [0.2, 0.25) is 0 Å². The smallest absolute Gasteiger partial charge is 0.423 e. The molecule has 0 amide bonds. The number of pyridine rings is 2. The summed E-state index contributed by atoms with van der Waals surface area (Å²) < 4.78 is 6.15. The van der Waals surface area contributed by atoms with E-state index >= 15 is 0 Å². The molecule has 0 aliphatic carbocycles. The lowest BCUT2D eigenvalue weighted by Crippen LogP contribution is -2.29. The quantitative estimate of drug-likeness (QED) is 0.123. The Labute approximate surface area is 469 Å². The van der Waals surface area contributed by atoms with Crippen molar-refractivity contribution in [3.63, 3.8) is 0 Å². The Morgan fingerprint density at radius 3 is 0.859 bits per heavy atom. The average molecular weight is 1140 g/mol. The second-order valence-electron chi connectivity index (χ2n) is 18.5. The first kappa shape index (κ1) is 52.7. The van der Waals surface area contributed by atoms with E-state index in [1.165, 1.54) is 11.1 Å². The Morgan fingerprint density at radius 1 is 0.295 bits per heavy atom. The minimum Gasteiger partial charge on any atom is -0.423 e. The van der Waals surface area contributed by atoms with E-state index in [1.807, 2.05) is 115 Å². The number of fused-ring (bicyclic) bond motifs is 4. The predicted octanol–water partition coefficient (Wildman–Crippen LogP) is 16.5. The van der Waals surface area contributed by atoms with Gasteiger partial charge in [-0.15, -0.1) is 0 Å². The average Bonchev–Trinajstić information content (AvgIpc) is 3.69. The Kier molecular flexibility index (Phi) is 16.0. The molecule has 0 saturated carbocycles. The fraction of sp³-hybridized carbons (Fsp3) is 0.0145. The number of hydrogen-bond donors (Lipinski definition) is 2. The van der Waals surface area contributed by atoms with Crippen molar-refractivity contribution in [3.05, 3.63) is 302 Å². The van der Waals surface area contributed by atoms with Crippen molar-refractivity contribution in [1.82, 2.24) is 9.13 Å². The topological polar surface area (TPSA) is 84.5 Å². The largest absolute Gasteiger partial charge is 0.488 e. The molecule has 2 N–H and O–H groups in total. The Morgan fingerprint density at radius 2 is 0.551 bits per heavy atom. The van der Waals surface area contributed by atoms with E-state index in [1.54, 1.807) is 24.3 Å². The molecule has 378 valence electrons. The van der Waals surface area contributed by atoms with Crippen LogP contribution in [0.3, 0.4) is 0 Å². The Hall–Kier alpha value is -8.70. The number of rotatable bonds is 7. The molecule has 9 heteroatoms. The number of benzene rings is 11. The normalized spacial score (nSPS) is 10.8. The summed E-state index contributed by atoms with van der Waals surface area (Å²) in [4.78, 5) is 27.2. The second-order valence-corrected chi connectivity index (χ2v) is 20.3. The van der Waals surface area contributed by atoms with Crippen molar-refractivity contribution in [2.75, 3.05) is 0 Å². The first-order valence-corrected chi connectivity index (χ1v) is 26.7. The van der Waals surface area contributed by atoms with Crippen LogP contribution in [-0.2, 0) is 0 Å². The highest BCUT2D eigenvalue weighted by molar-refractivity contribution is 9.10. The van der Waals surface area contributed by atoms with Gasteiger partial charge in [-0.3, -0.25) is 9.59 Å². The van der Waals surface area contributed by atoms with Crippen molar-refractivity contribution < 1.29 is 10.0 Å². The lowest BCUT2D eigenvalue weighted by molar-refractivity contribution is 0.426. The molecule has 13 aromatic rings. The second kappa shape index (κ2) is 23.7. The van der Waals surface area contributed by atoms with Crippen LogP contribution >= 0.6 is 31.9 Å². The van der Waals surface area contributed by atoms with Gasteiger partial charge in [-0.2, -0.15) is 0 Å². The van der Waals surface area contributed by atoms with Crippen LogP contribution in [0.1, 0.15) is 7.43 Å². The van der Waals surface area contributed by atoms with E-state index in [4.69, 9.17) is 10.0 Å². The molecule has 0 bridgehead atoms. The minimum absolute atomic E-state index is 0. The van der Waals surface area contributed by atoms with E-state index in [2.05, 4.69) is 174 Å². The first-order chi connectivity index (χ1) is 37.7. The summed E-state index contributed by atoms with van der Waals surface area (Å²) >= 11 is 7.01. The summed E-state index contributed by atoms with van der Waals surface area (Å²) in [5.41, 5.74) is 15.1. The molecule has 0 atom stereocenters. The Balaban J connectivity index is 0.000000155. The fourth-order valence-corrected chi connectivity index (χ4v) is 10.5. The molecule has 0 unspecified atom stereocenters. The van der Waals surface area contributed by atoms with Crippen LogP contribution in [0, 0.1) is 0 Å². The summed E-state index contributed by atoms with van der Waals surface area (Å²) in [5.74, 6) is 0. The van der Waals surface area contributed by atoms with Crippen LogP contribution in [0.25, 0.3) is 99.5 Å². The number of aromatic nitrogens is 2. The van der Waals surface area contributed by atoms with Crippen molar-refractivity contribution >= 4 is 88.1 Å². The lowest BCUT2D eigenvalue weighted by atomic mass is 9.81. The molecule has 13 rings (SSSR count). The van der Waals surface area contributed by atoms with Crippen LogP contribution in [0.4, 0.5) is 0 Å². The molecule has 0 fully saturated rings. The van der Waals surface area contributed by atoms with E-state index in [9.17, 15) is 9.59 Å². The predicted molar refractivity (Wildman–Crippen MR) is 334 cm³/mol. The highest BCUT2D eigenvalue weighted by Gasteiger charge is 2.17. The summed E-state index contributed by atoms with van der Waals surface area (Å²) in [7, 11) is -1.34. The Bertz CT molecular complexity index is 4160. The molecule has 2 aromatic heterocycles. The summed E-state index contributed by atoms with van der Waals surface area (Å²) in [5, 5.41) is 20.0. The van der Waals surface area contributed by atoms with Gasteiger partial charge in [0.15, 0.2) is 10.9 Å². The van der Waals surface area contributed by atoms with Crippen LogP contribution in [0.5, 0.6) is 0 Å². The standard InChI is InChI=1S/C37H25NO.C25H15Br2NO.C6H7BO2.CH4/c39-37-33-24-30(27-12-6-2-7-13-27)18-22-35(33)38(32-20-16-29(17-21-32)26-10-4-1-5-11-26)36-23-19-31(25-34(36)37)28-14-8-3-9-15-28;26-18-8-12-23-21(14-18)25(29)22-15-19(27)9-13-24(22)28(23)20-10-6-17(7-11-20)16-4-2-1-3-5-16;8-7(9)6-4-2-1-3-5-6;/h1-25H;1-15H;1-5,8-9H;1H4. The molecule has 0 aliphatic heterocycles. The lowest BCUT2D eigenvalue weighted by Gasteiger charge is -2.17. The van der Waals surface area contributed by atoms with Gasteiger partial charge in [0.25, 0.3) is 0 Å². The number of hydrogen-bond acceptors (Lipinski definition) is 4. The van der Waals surface area contributed by atoms with E-state index in [-0.39, 0.29) is 18.3 Å². The maximum atomic E-state index is 14.1. The monoisotopic (exact) mass is 1140 g/mol. The molecule has 2 heterocycles. The molecule has 78 heavy (non-hydrogen) atoms. The molecule has 6 nitrogen and oxygen atoms in total. The van der Waals surface area contributed by atoms with E-state index in [0.29, 0.717) is 27.0 Å². The zero-order valence-electron chi connectivity index (χ0n) is 41.4. The van der Waals surface area contributed by atoms with Gasteiger partial charge < -0.3 is 19.2 Å². The van der Waals surface area contributed by atoms with Gasteiger partial charge >= 0.3 is 7.12 Å². The van der Waals surface area contributed by atoms with Gasteiger partial charge in [-0.05, 0) is 135 Å². The summed E-state index contributed by atoms with van der Waals surface area (Å²) in [6.07, 6.45) is 0. The molecular formula is C69H51BBr2N2O4. The zero-order chi connectivity index (χ0) is 52.8. The third-order valence-corrected chi connectivity index (χ3v) is 14.6. The van der Waals surface area contributed by atoms with Gasteiger partial charge in [-0.1, -0.05) is 227 Å². The highest BCUT2D eigenvalue weighted by atomic mass is 79.9. The zero-order valence-corrected chi connectivity index (χ0v) is 44.6. The third kappa shape index (κ3) is 11.1. The van der Waals surface area contributed by atoms with Crippen molar-refractivity contribution in [3.8, 4) is 55.9 Å². The number of nitrogens with zero attached hydrogens (tertiary/aromatic N) is 2. The maximum Gasteiger partial charge on any atom is 0.488 e. The molecule has 0 radical (unpaired) electrons. The highest BCUT2D eigenvalue weighted by Crippen LogP contribution is 2.33. The van der Waals surface area contributed by atoms with Gasteiger partial charge in [0.05, 0.1) is 22.1 Å². The third-order valence-electron chi connectivity index (χ3n) is 13.6. The maximum absolute atomic E-state index is 14.1. The van der Waals surface area contributed by atoms with Crippen molar-refractivity contribution in [1.29, 1.82) is 0 Å². The van der Waals surface area contributed by atoms with Crippen LogP contribution in [-0.4, -0.2) is 26.3 Å². The fourth-order valence-electron chi connectivity index (χ4n) is 9.81. The molecule has 0 saturated heterocycles. The van der Waals surface area contributed by atoms with E-state index in [0.717, 1.165) is 75.8 Å².